The van der Waals surface area contributed by atoms with Crippen LogP contribution < -0.4 is 0 Å². The van der Waals surface area contributed by atoms with Crippen molar-refractivity contribution in [2.45, 2.75) is 213 Å². The van der Waals surface area contributed by atoms with Crippen LogP contribution in [0.25, 0.3) is 0 Å². The minimum atomic E-state index is 0.0533. The van der Waals surface area contributed by atoms with Gasteiger partial charge in [0, 0.05) is 6.42 Å². The van der Waals surface area contributed by atoms with Crippen LogP contribution in [0.15, 0.2) is 0 Å². The summed E-state index contributed by atoms with van der Waals surface area (Å²) in [6.07, 6.45) is 39.7. The Hall–Kier alpha value is -0.530. The van der Waals surface area contributed by atoms with Crippen molar-refractivity contribution in [1.29, 1.82) is 0 Å². The molecular weight excluding hydrogens is 464 g/mol. The Morgan fingerprint density at radius 1 is 0.421 bits per heavy atom. The summed E-state index contributed by atoms with van der Waals surface area (Å²) < 4.78 is 5.80. The summed E-state index contributed by atoms with van der Waals surface area (Å²) in [5, 5.41) is 0. The van der Waals surface area contributed by atoms with Crippen molar-refractivity contribution in [2.24, 2.45) is 5.92 Å². The van der Waals surface area contributed by atoms with E-state index in [0.29, 0.717) is 18.9 Å². The molecule has 0 aromatic heterocycles. The molecule has 0 spiro atoms. The Labute approximate surface area is 241 Å². The van der Waals surface area contributed by atoms with Gasteiger partial charge in [0.1, 0.15) is 0 Å². The fraction of sp³-hybridized carbons (Fsp3) is 0.972. The van der Waals surface area contributed by atoms with Gasteiger partial charge in [0.25, 0.3) is 0 Å². The summed E-state index contributed by atoms with van der Waals surface area (Å²) in [5.41, 5.74) is 0. The van der Waals surface area contributed by atoms with Gasteiger partial charge in [-0.05, 0) is 25.2 Å². The molecule has 0 aromatic carbocycles. The zero-order valence-corrected chi connectivity index (χ0v) is 26.8. The molecule has 0 heterocycles. The van der Waals surface area contributed by atoms with Gasteiger partial charge in [0.05, 0.1) is 6.61 Å². The smallest absolute Gasteiger partial charge is 0.305 e. The third-order valence-corrected chi connectivity index (χ3v) is 8.40. The zero-order chi connectivity index (χ0) is 27.8. The van der Waals surface area contributed by atoms with Gasteiger partial charge in [-0.25, -0.2) is 0 Å². The maximum Gasteiger partial charge on any atom is 0.305 e. The van der Waals surface area contributed by atoms with Gasteiger partial charge >= 0.3 is 5.97 Å². The number of ether oxygens (including phenoxy) is 1. The molecule has 0 saturated heterocycles. The molecule has 2 heteroatoms. The number of hydrogen-bond acceptors (Lipinski definition) is 2. The predicted molar refractivity (Wildman–Crippen MR) is 170 cm³/mol. The first kappa shape index (κ1) is 37.5. The number of unbranched alkanes of at least 4 members (excludes halogenated alkanes) is 24. The lowest BCUT2D eigenvalue weighted by molar-refractivity contribution is -0.145. The lowest BCUT2D eigenvalue weighted by atomic mass is 9.94. The fourth-order valence-electron chi connectivity index (χ4n) is 5.66. The van der Waals surface area contributed by atoms with E-state index in [-0.39, 0.29) is 5.97 Å². The second-order valence-electron chi connectivity index (χ2n) is 12.4. The molecule has 0 saturated carbocycles. The van der Waals surface area contributed by atoms with Crippen LogP contribution in [0, 0.1) is 5.92 Å². The summed E-state index contributed by atoms with van der Waals surface area (Å²) >= 11 is 0. The average molecular weight is 537 g/mol. The first-order valence-corrected chi connectivity index (χ1v) is 17.9. The summed E-state index contributed by atoms with van der Waals surface area (Å²) in [6.45, 7) is 7.53. The molecule has 0 aliphatic rings. The molecule has 0 aliphatic heterocycles. The van der Waals surface area contributed by atoms with E-state index in [1.807, 2.05) is 0 Å². The van der Waals surface area contributed by atoms with E-state index in [1.165, 1.54) is 180 Å². The van der Waals surface area contributed by atoms with Gasteiger partial charge in [-0.3, -0.25) is 4.79 Å². The number of esters is 1. The van der Waals surface area contributed by atoms with Crippen molar-refractivity contribution >= 4 is 5.97 Å². The fourth-order valence-corrected chi connectivity index (χ4v) is 5.66. The second-order valence-corrected chi connectivity index (χ2v) is 12.4. The Morgan fingerprint density at radius 3 is 1.05 bits per heavy atom. The SMILES string of the molecule is CCCCCCCCCCCCCC(=O)OCC(CCCCCCCCC)CCCCCCCCCCC. The number of carbonyl (C=O) groups excluding carboxylic acids is 1. The highest BCUT2D eigenvalue weighted by atomic mass is 16.5. The summed E-state index contributed by atoms with van der Waals surface area (Å²) in [4.78, 5) is 12.4. The number of carbonyl (C=O) groups is 1. The van der Waals surface area contributed by atoms with E-state index in [9.17, 15) is 4.79 Å². The van der Waals surface area contributed by atoms with E-state index in [1.54, 1.807) is 0 Å². The van der Waals surface area contributed by atoms with Crippen molar-refractivity contribution in [3.63, 3.8) is 0 Å². The Kier molecular flexibility index (Phi) is 32.2. The Balaban J connectivity index is 3.94. The molecular formula is C36H72O2. The number of rotatable bonds is 32. The monoisotopic (exact) mass is 537 g/mol. The van der Waals surface area contributed by atoms with E-state index in [2.05, 4.69) is 20.8 Å². The molecule has 0 amide bonds. The van der Waals surface area contributed by atoms with Gasteiger partial charge in [-0.15, -0.1) is 0 Å². The summed E-state index contributed by atoms with van der Waals surface area (Å²) in [6, 6.07) is 0. The first-order valence-electron chi connectivity index (χ1n) is 17.9. The van der Waals surface area contributed by atoms with E-state index in [4.69, 9.17) is 4.74 Å². The van der Waals surface area contributed by atoms with Crippen LogP contribution in [0.4, 0.5) is 0 Å². The van der Waals surface area contributed by atoms with Crippen LogP contribution in [-0.2, 0) is 9.53 Å². The van der Waals surface area contributed by atoms with Crippen molar-refractivity contribution in [3.05, 3.63) is 0 Å². The topological polar surface area (TPSA) is 26.3 Å². The van der Waals surface area contributed by atoms with E-state index in [0.717, 1.165) is 6.42 Å². The standard InChI is InChI=1S/C36H72O2/c1-4-7-10-13-16-18-19-21-24-27-30-33-36(37)38-34-35(31-28-25-22-15-12-9-6-3)32-29-26-23-20-17-14-11-8-5-2/h35H,4-34H2,1-3H3. The molecule has 2 nitrogen and oxygen atoms in total. The first-order chi connectivity index (χ1) is 18.7. The van der Waals surface area contributed by atoms with Crippen molar-refractivity contribution in [3.8, 4) is 0 Å². The van der Waals surface area contributed by atoms with Gasteiger partial charge in [-0.1, -0.05) is 188 Å². The highest BCUT2D eigenvalue weighted by Gasteiger charge is 2.12. The zero-order valence-electron chi connectivity index (χ0n) is 26.8. The van der Waals surface area contributed by atoms with Crippen molar-refractivity contribution < 1.29 is 9.53 Å². The molecule has 38 heavy (non-hydrogen) atoms. The molecule has 1 unspecified atom stereocenters. The lowest BCUT2D eigenvalue weighted by Crippen LogP contribution is -2.14. The Morgan fingerprint density at radius 2 is 0.711 bits per heavy atom. The molecule has 228 valence electrons. The summed E-state index contributed by atoms with van der Waals surface area (Å²) in [5.74, 6) is 0.633. The van der Waals surface area contributed by atoms with Gasteiger partial charge in [0.2, 0.25) is 0 Å². The molecule has 0 N–H and O–H groups in total. The molecule has 0 fully saturated rings. The maximum absolute atomic E-state index is 12.4. The summed E-state index contributed by atoms with van der Waals surface area (Å²) in [7, 11) is 0. The minimum absolute atomic E-state index is 0.0533. The Bertz CT molecular complexity index is 447. The molecule has 0 bridgehead atoms. The van der Waals surface area contributed by atoms with Crippen molar-refractivity contribution in [2.75, 3.05) is 6.61 Å². The predicted octanol–water partition coefficient (Wildman–Crippen LogP) is 12.9. The van der Waals surface area contributed by atoms with Crippen molar-refractivity contribution in [1.82, 2.24) is 0 Å². The molecule has 0 aliphatic carbocycles. The highest BCUT2D eigenvalue weighted by molar-refractivity contribution is 5.69. The number of hydrogen-bond donors (Lipinski definition) is 0. The van der Waals surface area contributed by atoms with Crippen LogP contribution in [0.5, 0.6) is 0 Å². The van der Waals surface area contributed by atoms with Gasteiger partial charge in [-0.2, -0.15) is 0 Å². The molecule has 0 radical (unpaired) electrons. The highest BCUT2D eigenvalue weighted by Crippen LogP contribution is 2.21. The third-order valence-electron chi connectivity index (χ3n) is 8.40. The molecule has 1 atom stereocenters. The average Bonchev–Trinajstić information content (AvgIpc) is 2.92. The van der Waals surface area contributed by atoms with E-state index >= 15 is 0 Å². The largest absolute Gasteiger partial charge is 0.465 e. The molecule has 0 rings (SSSR count). The molecule has 0 aromatic rings. The van der Waals surface area contributed by atoms with Crippen LogP contribution in [0.2, 0.25) is 0 Å². The third kappa shape index (κ3) is 30.0. The van der Waals surface area contributed by atoms with E-state index < -0.39 is 0 Å². The quantitative estimate of drug-likeness (QED) is 0.0631. The minimum Gasteiger partial charge on any atom is -0.465 e. The van der Waals surface area contributed by atoms with Crippen LogP contribution >= 0.6 is 0 Å². The normalized spacial score (nSPS) is 12.2. The van der Waals surface area contributed by atoms with Crippen LogP contribution in [0.1, 0.15) is 213 Å². The van der Waals surface area contributed by atoms with Gasteiger partial charge in [0.15, 0.2) is 0 Å². The van der Waals surface area contributed by atoms with Gasteiger partial charge < -0.3 is 4.74 Å². The lowest BCUT2D eigenvalue weighted by Gasteiger charge is -2.17. The maximum atomic E-state index is 12.4. The van der Waals surface area contributed by atoms with Crippen LogP contribution in [0.3, 0.4) is 0 Å². The van der Waals surface area contributed by atoms with Crippen LogP contribution in [-0.4, -0.2) is 12.6 Å². The second kappa shape index (κ2) is 32.7.